The number of likely N-dealkylation sites (tertiary alicyclic amines) is 1. The number of carbonyl (C=O) groups is 1. The summed E-state index contributed by atoms with van der Waals surface area (Å²) in [6.45, 7) is 5.30. The van der Waals surface area contributed by atoms with Crippen LogP contribution in [-0.4, -0.2) is 65.7 Å². The van der Waals surface area contributed by atoms with Crippen molar-refractivity contribution in [1.29, 1.82) is 0 Å². The molecule has 1 aliphatic carbocycles. The molecule has 43 heavy (non-hydrogen) atoms. The van der Waals surface area contributed by atoms with Gasteiger partial charge in [-0.05, 0) is 61.0 Å². The molecule has 11 heteroatoms. The molecule has 9 nitrogen and oxygen atoms in total. The highest BCUT2D eigenvalue weighted by Gasteiger charge is 2.38. The minimum Gasteiger partial charge on any atom is -0.493 e. The Kier molecular flexibility index (Phi) is 10.5. The first-order valence-corrected chi connectivity index (χ1v) is 17.0. The van der Waals surface area contributed by atoms with Gasteiger partial charge in [0.05, 0.1) is 45.9 Å². The minimum atomic E-state index is -0.529. The van der Waals surface area contributed by atoms with Crippen LogP contribution in [0.15, 0.2) is 54.6 Å². The highest BCUT2D eigenvalue weighted by atomic mass is 32.2. The van der Waals surface area contributed by atoms with E-state index in [0.29, 0.717) is 25.1 Å². The zero-order valence-corrected chi connectivity index (χ0v) is 26.2. The van der Waals surface area contributed by atoms with Crippen molar-refractivity contribution in [3.63, 3.8) is 0 Å². The maximum atomic E-state index is 13.8. The Hall–Kier alpha value is -3.28. The van der Waals surface area contributed by atoms with Gasteiger partial charge < -0.3 is 19.3 Å². The van der Waals surface area contributed by atoms with Crippen LogP contribution in [0.4, 0.5) is 5.69 Å². The van der Waals surface area contributed by atoms with E-state index in [0.717, 1.165) is 53.2 Å². The molecule has 1 aromatic heterocycles. The second kappa shape index (κ2) is 14.5. The SMILES string of the molecule is CCSC(SCC)[C@@H]1CCCN1C(=O)c1cc(CO)c(OCCCn2c(C3=CC=CC3)nc3ccccc32)cc1[N+](=O)[O-]. The Labute approximate surface area is 260 Å². The number of hydrogen-bond donors (Lipinski definition) is 1. The summed E-state index contributed by atoms with van der Waals surface area (Å²) in [6, 6.07) is 10.8. The molecule has 0 radical (unpaired) electrons. The summed E-state index contributed by atoms with van der Waals surface area (Å²) in [5.74, 6) is 2.67. The number of rotatable bonds is 14. The molecule has 0 unspecified atom stereocenters. The maximum absolute atomic E-state index is 13.8. The second-order valence-electron chi connectivity index (χ2n) is 10.5. The molecule has 3 aromatic rings. The number of hydrogen-bond acceptors (Lipinski definition) is 8. The number of fused-ring (bicyclic) bond motifs is 1. The van der Waals surface area contributed by atoms with Gasteiger partial charge in [-0.2, -0.15) is 0 Å². The first-order valence-electron chi connectivity index (χ1n) is 14.9. The molecule has 2 aliphatic rings. The zero-order valence-electron chi connectivity index (χ0n) is 24.6. The van der Waals surface area contributed by atoms with Crippen LogP contribution in [0.5, 0.6) is 5.75 Å². The summed E-state index contributed by atoms with van der Waals surface area (Å²) in [4.78, 5) is 32.1. The third kappa shape index (κ3) is 6.78. The van der Waals surface area contributed by atoms with Gasteiger partial charge in [0.2, 0.25) is 0 Å². The number of nitro benzene ring substituents is 1. The predicted molar refractivity (Wildman–Crippen MR) is 175 cm³/mol. The third-order valence-corrected chi connectivity index (χ3v) is 10.6. The van der Waals surface area contributed by atoms with Crippen molar-refractivity contribution in [1.82, 2.24) is 14.5 Å². The molecule has 2 aromatic carbocycles. The molecule has 0 saturated carbocycles. The van der Waals surface area contributed by atoms with E-state index in [-0.39, 0.29) is 40.1 Å². The van der Waals surface area contributed by atoms with Crippen molar-refractivity contribution in [2.45, 2.75) is 63.3 Å². The molecular formula is C32H38N4O5S2. The zero-order chi connectivity index (χ0) is 30.3. The normalized spacial score (nSPS) is 16.4. The Balaban J connectivity index is 1.33. The Bertz CT molecular complexity index is 1530. The van der Waals surface area contributed by atoms with Crippen LogP contribution in [0, 0.1) is 10.1 Å². The minimum absolute atomic E-state index is 0.00280. The Morgan fingerprint density at radius 3 is 2.72 bits per heavy atom. The fraction of sp³-hybridized carbons (Fsp3) is 0.438. The standard InChI is InChI=1S/C32H38N4O5S2/c1-3-42-32(43-4-2)27-15-9-16-35(27)31(38)24-19-23(21-37)29(20-28(24)36(39)40)41-18-10-17-34-26-14-8-7-13-25(26)33-30(34)22-11-5-6-12-22/h5-8,11,13-14,19-20,27,32,37H,3-4,9-10,12,15-18,21H2,1-2H3/t27-/m0/s1. The van der Waals surface area contributed by atoms with Crippen molar-refractivity contribution in [3.8, 4) is 5.75 Å². The van der Waals surface area contributed by atoms with Gasteiger partial charge in [0.15, 0.2) is 0 Å². The van der Waals surface area contributed by atoms with Crippen LogP contribution in [0.1, 0.15) is 61.3 Å². The largest absolute Gasteiger partial charge is 0.493 e. The highest BCUT2D eigenvalue weighted by molar-refractivity contribution is 8.17. The Morgan fingerprint density at radius 2 is 2.02 bits per heavy atom. The Morgan fingerprint density at radius 1 is 1.23 bits per heavy atom. The van der Waals surface area contributed by atoms with Crippen LogP contribution >= 0.6 is 23.5 Å². The number of aromatic nitrogens is 2. The number of imidazole rings is 1. The van der Waals surface area contributed by atoms with E-state index >= 15 is 0 Å². The molecule has 1 fully saturated rings. The average Bonchev–Trinajstić information content (AvgIpc) is 3.79. The van der Waals surface area contributed by atoms with Crippen molar-refractivity contribution in [2.75, 3.05) is 24.7 Å². The lowest BCUT2D eigenvalue weighted by Gasteiger charge is -2.31. The van der Waals surface area contributed by atoms with Crippen molar-refractivity contribution in [2.24, 2.45) is 0 Å². The molecule has 1 aliphatic heterocycles. The van der Waals surface area contributed by atoms with Gasteiger partial charge in [-0.25, -0.2) is 4.98 Å². The van der Waals surface area contributed by atoms with Gasteiger partial charge in [-0.3, -0.25) is 14.9 Å². The summed E-state index contributed by atoms with van der Waals surface area (Å²) in [7, 11) is 0. The van der Waals surface area contributed by atoms with E-state index in [1.807, 2.05) is 53.9 Å². The number of ether oxygens (including phenoxy) is 1. The van der Waals surface area contributed by atoms with Gasteiger partial charge >= 0.3 is 0 Å². The number of aryl methyl sites for hydroxylation is 1. The van der Waals surface area contributed by atoms with Crippen LogP contribution in [0.2, 0.25) is 0 Å². The number of carbonyl (C=O) groups excluding carboxylic acids is 1. The second-order valence-corrected chi connectivity index (χ2v) is 13.6. The summed E-state index contributed by atoms with van der Waals surface area (Å²) >= 11 is 3.63. The molecule has 5 rings (SSSR count). The van der Waals surface area contributed by atoms with Crippen LogP contribution in [0.3, 0.4) is 0 Å². The fourth-order valence-electron chi connectivity index (χ4n) is 5.84. The van der Waals surface area contributed by atoms with Crippen LogP contribution in [0.25, 0.3) is 16.6 Å². The number of para-hydroxylation sites is 2. The van der Waals surface area contributed by atoms with Gasteiger partial charge in [0.25, 0.3) is 11.6 Å². The molecule has 1 amide bonds. The van der Waals surface area contributed by atoms with Crippen LogP contribution in [-0.2, 0) is 13.2 Å². The number of aliphatic hydroxyl groups excluding tert-OH is 1. The first-order chi connectivity index (χ1) is 21.0. The van der Waals surface area contributed by atoms with Crippen molar-refractivity contribution in [3.05, 3.63) is 81.7 Å². The third-order valence-electron chi connectivity index (χ3n) is 7.81. The number of allylic oxidation sites excluding steroid dienone is 4. The first kappa shape index (κ1) is 31.2. The number of nitro groups is 1. The van der Waals surface area contributed by atoms with Gasteiger partial charge in [-0.1, -0.05) is 44.2 Å². The summed E-state index contributed by atoms with van der Waals surface area (Å²) < 4.78 is 8.42. The van der Waals surface area contributed by atoms with Gasteiger partial charge in [0, 0.05) is 18.7 Å². The average molecular weight is 623 g/mol. The number of thioether (sulfide) groups is 2. The molecule has 1 N–H and O–H groups in total. The number of nitrogens with zero attached hydrogens (tertiary/aromatic N) is 4. The highest BCUT2D eigenvalue weighted by Crippen LogP contribution is 2.38. The van der Waals surface area contributed by atoms with E-state index in [2.05, 4.69) is 30.6 Å². The monoisotopic (exact) mass is 622 g/mol. The van der Waals surface area contributed by atoms with Crippen LogP contribution < -0.4 is 4.74 Å². The summed E-state index contributed by atoms with van der Waals surface area (Å²) in [5, 5.41) is 22.4. The van der Waals surface area contributed by atoms with Gasteiger partial charge in [-0.15, -0.1) is 23.5 Å². The molecule has 1 atom stereocenters. The molecule has 0 bridgehead atoms. The lowest BCUT2D eigenvalue weighted by molar-refractivity contribution is -0.385. The maximum Gasteiger partial charge on any atom is 0.285 e. The van der Waals surface area contributed by atoms with Crippen molar-refractivity contribution < 1.29 is 19.6 Å². The van der Waals surface area contributed by atoms with E-state index < -0.39 is 11.5 Å². The van der Waals surface area contributed by atoms with E-state index in [4.69, 9.17) is 9.72 Å². The van der Waals surface area contributed by atoms with E-state index in [1.165, 1.54) is 12.1 Å². The number of benzene rings is 2. The molecule has 2 heterocycles. The number of amides is 1. The molecule has 0 spiro atoms. The predicted octanol–water partition coefficient (Wildman–Crippen LogP) is 6.69. The summed E-state index contributed by atoms with van der Waals surface area (Å²) in [5.41, 5.74) is 3.19. The molecule has 1 saturated heterocycles. The lowest BCUT2D eigenvalue weighted by atomic mass is 10.1. The van der Waals surface area contributed by atoms with Crippen molar-refractivity contribution >= 4 is 51.7 Å². The number of aliphatic hydroxyl groups is 1. The van der Waals surface area contributed by atoms with E-state index in [1.54, 1.807) is 4.90 Å². The molecular weight excluding hydrogens is 585 g/mol. The lowest BCUT2D eigenvalue weighted by Crippen LogP contribution is -2.41. The topological polar surface area (TPSA) is 111 Å². The fourth-order valence-corrected chi connectivity index (χ4v) is 8.71. The smallest absolute Gasteiger partial charge is 0.285 e. The van der Waals surface area contributed by atoms with Gasteiger partial charge in [0.1, 0.15) is 17.1 Å². The molecule has 228 valence electrons. The summed E-state index contributed by atoms with van der Waals surface area (Å²) in [6.07, 6.45) is 9.42. The van der Waals surface area contributed by atoms with E-state index in [9.17, 15) is 20.0 Å². The quantitative estimate of drug-likeness (QED) is 0.0917.